The van der Waals surface area contributed by atoms with Crippen LogP contribution in [0.1, 0.15) is 47.9 Å². The van der Waals surface area contributed by atoms with Gasteiger partial charge in [-0.15, -0.1) is 5.10 Å². The van der Waals surface area contributed by atoms with Gasteiger partial charge in [0.2, 0.25) is 0 Å². The van der Waals surface area contributed by atoms with Crippen molar-refractivity contribution in [2.24, 2.45) is 0 Å². The number of aliphatic hydroxyl groups is 1. The molecule has 1 unspecified atom stereocenters. The number of carbonyl (C=O) groups is 1. The Bertz CT molecular complexity index is 848. The predicted octanol–water partition coefficient (Wildman–Crippen LogP) is 1.81. The summed E-state index contributed by atoms with van der Waals surface area (Å²) in [6.45, 7) is 3.71. The normalized spacial score (nSPS) is 18.5. The first-order valence-electron chi connectivity index (χ1n) is 9.55. The van der Waals surface area contributed by atoms with Crippen molar-refractivity contribution in [2.75, 3.05) is 26.3 Å². The van der Waals surface area contributed by atoms with E-state index in [4.69, 9.17) is 21.4 Å². The standard InChI is InChI=1S/C19H24ClN5O3/c1-12(15-3-2-4-17(18(15)20)28-8-7-26)24-9-13(10-24)21-19(27)16-11-25(23-22-16)14-5-6-14/h2-4,11-14,26H,5-10H2,1H3,(H,21,27). The highest BCUT2D eigenvalue weighted by atomic mass is 35.5. The summed E-state index contributed by atoms with van der Waals surface area (Å²) < 4.78 is 7.26. The molecule has 1 aliphatic carbocycles. The minimum absolute atomic E-state index is 0.0575. The van der Waals surface area contributed by atoms with Crippen LogP contribution in [0.15, 0.2) is 24.4 Å². The maximum atomic E-state index is 12.3. The van der Waals surface area contributed by atoms with E-state index in [-0.39, 0.29) is 31.2 Å². The highest BCUT2D eigenvalue weighted by molar-refractivity contribution is 6.32. The largest absolute Gasteiger partial charge is 0.490 e. The van der Waals surface area contributed by atoms with Crippen LogP contribution in [0.4, 0.5) is 0 Å². The smallest absolute Gasteiger partial charge is 0.273 e. The van der Waals surface area contributed by atoms with Crippen LogP contribution < -0.4 is 10.1 Å². The summed E-state index contributed by atoms with van der Waals surface area (Å²) in [5, 5.41) is 20.5. The van der Waals surface area contributed by atoms with E-state index in [0.29, 0.717) is 22.5 Å². The molecular weight excluding hydrogens is 382 g/mol. The van der Waals surface area contributed by atoms with Gasteiger partial charge in [0.15, 0.2) is 5.69 Å². The summed E-state index contributed by atoms with van der Waals surface area (Å²) in [6.07, 6.45) is 3.94. The van der Waals surface area contributed by atoms with Crippen molar-refractivity contribution in [2.45, 2.75) is 37.9 Å². The maximum absolute atomic E-state index is 12.3. The number of likely N-dealkylation sites (tertiary alicyclic amines) is 1. The molecule has 0 radical (unpaired) electrons. The Balaban J connectivity index is 1.31. The fourth-order valence-electron chi connectivity index (χ4n) is 3.39. The number of benzene rings is 1. The van der Waals surface area contributed by atoms with Crippen LogP contribution in [-0.4, -0.2) is 63.3 Å². The number of aromatic nitrogens is 3. The third kappa shape index (κ3) is 3.99. The van der Waals surface area contributed by atoms with E-state index in [1.54, 1.807) is 16.9 Å². The lowest BCUT2D eigenvalue weighted by molar-refractivity contribution is 0.0672. The predicted molar refractivity (Wildman–Crippen MR) is 104 cm³/mol. The van der Waals surface area contributed by atoms with Gasteiger partial charge in [0, 0.05) is 19.1 Å². The van der Waals surface area contributed by atoms with E-state index in [2.05, 4.69) is 27.5 Å². The number of nitrogens with one attached hydrogen (secondary N) is 1. The Morgan fingerprint density at radius 3 is 2.93 bits per heavy atom. The van der Waals surface area contributed by atoms with Gasteiger partial charge in [0.1, 0.15) is 12.4 Å². The molecule has 2 fully saturated rings. The number of hydrogen-bond acceptors (Lipinski definition) is 6. The van der Waals surface area contributed by atoms with Crippen molar-refractivity contribution in [3.8, 4) is 5.75 Å². The van der Waals surface area contributed by atoms with Crippen molar-refractivity contribution < 1.29 is 14.6 Å². The molecule has 150 valence electrons. The van der Waals surface area contributed by atoms with Crippen LogP contribution in [0.2, 0.25) is 5.02 Å². The number of ether oxygens (including phenoxy) is 1. The minimum atomic E-state index is -0.179. The van der Waals surface area contributed by atoms with Crippen molar-refractivity contribution in [3.05, 3.63) is 40.7 Å². The molecule has 2 N–H and O–H groups in total. The zero-order valence-corrected chi connectivity index (χ0v) is 16.5. The van der Waals surface area contributed by atoms with Gasteiger partial charge in [0.05, 0.1) is 29.9 Å². The molecular formula is C19H24ClN5O3. The Morgan fingerprint density at radius 2 is 2.21 bits per heavy atom. The highest BCUT2D eigenvalue weighted by Crippen LogP contribution is 2.36. The van der Waals surface area contributed by atoms with Crippen molar-refractivity contribution in [1.82, 2.24) is 25.2 Å². The van der Waals surface area contributed by atoms with Gasteiger partial charge >= 0.3 is 0 Å². The lowest BCUT2D eigenvalue weighted by atomic mass is 10.00. The molecule has 1 aromatic heterocycles. The first-order chi connectivity index (χ1) is 13.6. The van der Waals surface area contributed by atoms with Gasteiger partial charge in [0.25, 0.3) is 5.91 Å². The molecule has 2 aromatic rings. The summed E-state index contributed by atoms with van der Waals surface area (Å²) in [7, 11) is 0. The monoisotopic (exact) mass is 405 g/mol. The molecule has 1 aliphatic heterocycles. The van der Waals surface area contributed by atoms with Crippen LogP contribution in [0, 0.1) is 0 Å². The minimum Gasteiger partial charge on any atom is -0.490 e. The van der Waals surface area contributed by atoms with E-state index in [1.807, 2.05) is 12.1 Å². The SMILES string of the molecule is CC(c1cccc(OCCO)c1Cl)N1CC(NC(=O)c2cn(C3CC3)nn2)C1. The van der Waals surface area contributed by atoms with E-state index in [0.717, 1.165) is 31.5 Å². The third-order valence-electron chi connectivity index (χ3n) is 5.25. The van der Waals surface area contributed by atoms with E-state index in [9.17, 15) is 4.79 Å². The Morgan fingerprint density at radius 1 is 1.43 bits per heavy atom. The first kappa shape index (κ1) is 19.2. The second-order valence-corrected chi connectivity index (χ2v) is 7.72. The van der Waals surface area contributed by atoms with Gasteiger partial charge in [-0.1, -0.05) is 28.9 Å². The average Bonchev–Trinajstić information content (AvgIpc) is 3.39. The molecule has 4 rings (SSSR count). The first-order valence-corrected chi connectivity index (χ1v) is 9.93. The molecule has 1 saturated heterocycles. The van der Waals surface area contributed by atoms with Crippen LogP contribution in [0.3, 0.4) is 0 Å². The number of hydrogen-bond donors (Lipinski definition) is 2. The second kappa shape index (κ2) is 8.06. The van der Waals surface area contributed by atoms with Crippen LogP contribution >= 0.6 is 11.6 Å². The fraction of sp³-hybridized carbons (Fsp3) is 0.526. The molecule has 1 amide bonds. The highest BCUT2D eigenvalue weighted by Gasteiger charge is 2.34. The van der Waals surface area contributed by atoms with Crippen LogP contribution in [0.5, 0.6) is 5.75 Å². The van der Waals surface area contributed by atoms with Crippen LogP contribution in [0.25, 0.3) is 0 Å². The van der Waals surface area contributed by atoms with Crippen molar-refractivity contribution in [1.29, 1.82) is 0 Å². The third-order valence-corrected chi connectivity index (χ3v) is 5.65. The summed E-state index contributed by atoms with van der Waals surface area (Å²) in [5.41, 5.74) is 1.34. The Hall–Kier alpha value is -2.16. The lowest BCUT2D eigenvalue weighted by Crippen LogP contribution is -2.59. The average molecular weight is 406 g/mol. The number of nitrogens with zero attached hydrogens (tertiary/aromatic N) is 4. The van der Waals surface area contributed by atoms with Gasteiger partial charge in [-0.3, -0.25) is 9.69 Å². The lowest BCUT2D eigenvalue weighted by Gasteiger charge is -2.43. The summed E-state index contributed by atoms with van der Waals surface area (Å²) >= 11 is 6.48. The quantitative estimate of drug-likeness (QED) is 0.695. The summed E-state index contributed by atoms with van der Waals surface area (Å²) in [4.78, 5) is 14.6. The zero-order chi connectivity index (χ0) is 19.7. The Labute approximate surface area is 168 Å². The van der Waals surface area contributed by atoms with Gasteiger partial charge in [-0.2, -0.15) is 0 Å². The molecule has 0 spiro atoms. The second-order valence-electron chi connectivity index (χ2n) is 7.35. The topological polar surface area (TPSA) is 92.5 Å². The number of rotatable bonds is 8. The fourth-order valence-corrected chi connectivity index (χ4v) is 3.73. The molecule has 9 heteroatoms. The molecule has 0 bridgehead atoms. The molecule has 28 heavy (non-hydrogen) atoms. The van der Waals surface area contributed by atoms with E-state index < -0.39 is 0 Å². The van der Waals surface area contributed by atoms with Crippen molar-refractivity contribution in [3.63, 3.8) is 0 Å². The van der Waals surface area contributed by atoms with Gasteiger partial charge < -0.3 is 15.2 Å². The van der Waals surface area contributed by atoms with E-state index >= 15 is 0 Å². The molecule has 2 heterocycles. The number of aliphatic hydroxyl groups excluding tert-OH is 1. The van der Waals surface area contributed by atoms with Gasteiger partial charge in [-0.05, 0) is 31.4 Å². The Kier molecular flexibility index (Phi) is 5.52. The number of halogens is 1. The maximum Gasteiger partial charge on any atom is 0.273 e. The van der Waals surface area contributed by atoms with E-state index in [1.165, 1.54) is 0 Å². The molecule has 1 aromatic carbocycles. The summed E-state index contributed by atoms with van der Waals surface area (Å²) in [5.74, 6) is 0.394. The summed E-state index contributed by atoms with van der Waals surface area (Å²) in [6, 6.07) is 6.24. The zero-order valence-electron chi connectivity index (χ0n) is 15.7. The molecule has 1 saturated carbocycles. The number of amides is 1. The van der Waals surface area contributed by atoms with Crippen LogP contribution in [-0.2, 0) is 0 Å². The van der Waals surface area contributed by atoms with Crippen molar-refractivity contribution >= 4 is 17.5 Å². The number of carbonyl (C=O) groups excluding carboxylic acids is 1. The molecule has 1 atom stereocenters. The molecule has 2 aliphatic rings. The van der Waals surface area contributed by atoms with Gasteiger partial charge in [-0.25, -0.2) is 4.68 Å². The molecule has 8 nitrogen and oxygen atoms in total.